The molecule has 0 radical (unpaired) electrons. The second-order valence-corrected chi connectivity index (χ2v) is 5.63. The number of rotatable bonds is 8. The van der Waals surface area contributed by atoms with E-state index >= 15 is 0 Å². The van der Waals surface area contributed by atoms with Crippen molar-refractivity contribution < 1.29 is 19.1 Å². The van der Waals surface area contributed by atoms with Crippen LogP contribution in [0.4, 0.5) is 5.82 Å². The van der Waals surface area contributed by atoms with Gasteiger partial charge in [0.05, 0.1) is 24.4 Å². The maximum atomic E-state index is 12.3. The highest BCUT2D eigenvalue weighted by molar-refractivity contribution is 6.30. The smallest absolute Gasteiger partial charge is 0.355 e. The average Bonchev–Trinajstić information content (AvgIpc) is 2.72. The molecule has 0 amide bonds. The van der Waals surface area contributed by atoms with Crippen LogP contribution in [0.25, 0.3) is 5.57 Å². The van der Waals surface area contributed by atoms with Crippen LogP contribution in [0.3, 0.4) is 0 Å². The summed E-state index contributed by atoms with van der Waals surface area (Å²) < 4.78 is 9.81. The molecule has 0 saturated heterocycles. The maximum Gasteiger partial charge on any atom is 0.355 e. The number of halogens is 1. The fraction of sp³-hybridized carbons (Fsp3) is 0.158. The normalized spacial score (nSPS) is 11.5. The van der Waals surface area contributed by atoms with Crippen LogP contribution >= 0.6 is 11.6 Å². The van der Waals surface area contributed by atoms with Crippen molar-refractivity contribution in [2.24, 2.45) is 0 Å². The van der Waals surface area contributed by atoms with Gasteiger partial charge in [-0.3, -0.25) is 4.98 Å². The fourth-order valence-corrected chi connectivity index (χ4v) is 2.11. The summed E-state index contributed by atoms with van der Waals surface area (Å²) in [6.07, 6.45) is 5.70. The van der Waals surface area contributed by atoms with Gasteiger partial charge in [0.2, 0.25) is 0 Å². The maximum absolute atomic E-state index is 12.3. The fourth-order valence-electron chi connectivity index (χ4n) is 2.00. The molecule has 2 aromatic heterocycles. The van der Waals surface area contributed by atoms with Gasteiger partial charge >= 0.3 is 11.9 Å². The molecule has 2 heterocycles. The Labute approximate surface area is 167 Å². The van der Waals surface area contributed by atoms with Gasteiger partial charge in [0.25, 0.3) is 0 Å². The van der Waals surface area contributed by atoms with Gasteiger partial charge in [0, 0.05) is 24.8 Å². The van der Waals surface area contributed by atoms with Crippen molar-refractivity contribution in [3.05, 3.63) is 71.5 Å². The first-order chi connectivity index (χ1) is 13.5. The lowest BCUT2D eigenvalue weighted by Crippen LogP contribution is -2.20. The molecular weight excluding hydrogens is 384 g/mol. The summed E-state index contributed by atoms with van der Waals surface area (Å²) in [4.78, 5) is 32.5. The number of ether oxygens (including phenoxy) is 2. The molecule has 9 heteroatoms. The van der Waals surface area contributed by atoms with E-state index < -0.39 is 11.9 Å². The van der Waals surface area contributed by atoms with Gasteiger partial charge in [0.15, 0.2) is 0 Å². The van der Waals surface area contributed by atoms with Crippen LogP contribution in [0.1, 0.15) is 12.6 Å². The van der Waals surface area contributed by atoms with Crippen LogP contribution in [0, 0.1) is 0 Å². The molecule has 0 saturated carbocycles. The Morgan fingerprint density at radius 2 is 1.96 bits per heavy atom. The number of methoxy groups -OCH3 is 1. The highest BCUT2D eigenvalue weighted by Crippen LogP contribution is 2.13. The summed E-state index contributed by atoms with van der Waals surface area (Å²) >= 11 is 5.80. The molecule has 0 spiro atoms. The molecule has 0 unspecified atom stereocenters. The number of esters is 2. The number of anilines is 1. The molecule has 0 aliphatic carbocycles. The van der Waals surface area contributed by atoms with Crippen molar-refractivity contribution in [1.82, 2.24) is 15.3 Å². The number of carbonyl (C=O) groups is 2. The Morgan fingerprint density at radius 3 is 2.57 bits per heavy atom. The molecule has 28 heavy (non-hydrogen) atoms. The number of pyridine rings is 2. The second-order valence-electron chi connectivity index (χ2n) is 5.19. The van der Waals surface area contributed by atoms with Crippen LogP contribution in [0.15, 0.2) is 60.8 Å². The van der Waals surface area contributed by atoms with Gasteiger partial charge in [-0.05, 0) is 31.2 Å². The van der Waals surface area contributed by atoms with Crippen LogP contribution in [0.2, 0.25) is 5.02 Å². The zero-order valence-electron chi connectivity index (χ0n) is 15.3. The Balaban J connectivity index is 2.27. The van der Waals surface area contributed by atoms with Gasteiger partial charge < -0.3 is 20.1 Å². The first-order valence-electron chi connectivity index (χ1n) is 8.27. The van der Waals surface area contributed by atoms with E-state index in [0.29, 0.717) is 16.5 Å². The number of nitrogens with one attached hydrogen (secondary N) is 2. The van der Waals surface area contributed by atoms with Gasteiger partial charge in [-0.1, -0.05) is 17.7 Å². The summed E-state index contributed by atoms with van der Waals surface area (Å²) in [5.41, 5.74) is 0.587. The van der Waals surface area contributed by atoms with E-state index in [2.05, 4.69) is 20.6 Å². The lowest BCUT2D eigenvalue weighted by Gasteiger charge is -2.10. The Hall–Kier alpha value is -3.39. The minimum atomic E-state index is -0.651. The topological polar surface area (TPSA) is 102 Å². The Bertz CT molecular complexity index is 867. The molecule has 146 valence electrons. The standard InChI is InChI=1S/C19H19ClN4O4/c1-3-28-18(25)14(15-6-4-5-9-21-15)11-22-16(19(26)27-2)12-24-17-8-7-13(20)10-23-17/h4-12,22H,3H2,1-2H3,(H,23,24)/b14-11-,16-12+. The zero-order valence-corrected chi connectivity index (χ0v) is 16.1. The Kier molecular flexibility index (Phi) is 7.98. The average molecular weight is 403 g/mol. The van der Waals surface area contributed by atoms with Crippen LogP contribution in [-0.2, 0) is 19.1 Å². The van der Waals surface area contributed by atoms with E-state index in [1.165, 1.54) is 25.7 Å². The number of hydrogen-bond donors (Lipinski definition) is 2. The summed E-state index contributed by atoms with van der Waals surface area (Å²) in [5.74, 6) is -0.765. The number of hydrogen-bond acceptors (Lipinski definition) is 8. The molecule has 0 aromatic carbocycles. The van der Waals surface area contributed by atoms with E-state index in [-0.39, 0.29) is 17.9 Å². The first kappa shape index (κ1) is 20.9. The van der Waals surface area contributed by atoms with Crippen LogP contribution in [0.5, 0.6) is 0 Å². The van der Waals surface area contributed by atoms with Crippen molar-refractivity contribution in [3.63, 3.8) is 0 Å². The molecule has 0 aliphatic heterocycles. The summed E-state index contributed by atoms with van der Waals surface area (Å²) in [5, 5.41) is 6.09. The highest BCUT2D eigenvalue weighted by Gasteiger charge is 2.16. The minimum absolute atomic E-state index is 0.0389. The van der Waals surface area contributed by atoms with Gasteiger partial charge in [0.1, 0.15) is 17.1 Å². The molecule has 0 aliphatic rings. The van der Waals surface area contributed by atoms with Crippen molar-refractivity contribution >= 4 is 34.9 Å². The van der Waals surface area contributed by atoms with E-state index in [0.717, 1.165) is 0 Å². The number of nitrogens with zero attached hydrogens (tertiary/aromatic N) is 2. The molecule has 2 N–H and O–H groups in total. The van der Waals surface area contributed by atoms with Crippen molar-refractivity contribution in [2.45, 2.75) is 6.92 Å². The largest absolute Gasteiger partial charge is 0.464 e. The summed E-state index contributed by atoms with van der Waals surface area (Å²) in [6, 6.07) is 8.40. The monoisotopic (exact) mass is 402 g/mol. The second kappa shape index (κ2) is 10.7. The van der Waals surface area contributed by atoms with Crippen molar-refractivity contribution in [3.8, 4) is 0 Å². The molecule has 2 rings (SSSR count). The molecular formula is C19H19ClN4O4. The van der Waals surface area contributed by atoms with Crippen LogP contribution < -0.4 is 10.6 Å². The lowest BCUT2D eigenvalue weighted by molar-refractivity contribution is -0.137. The predicted octanol–water partition coefficient (Wildman–Crippen LogP) is 2.75. The molecule has 8 nitrogen and oxygen atoms in total. The molecule has 2 aromatic rings. The van der Waals surface area contributed by atoms with E-state index in [4.69, 9.17) is 21.1 Å². The third kappa shape index (κ3) is 6.10. The number of aromatic nitrogens is 2. The predicted molar refractivity (Wildman–Crippen MR) is 105 cm³/mol. The minimum Gasteiger partial charge on any atom is -0.464 e. The van der Waals surface area contributed by atoms with E-state index in [9.17, 15) is 9.59 Å². The van der Waals surface area contributed by atoms with Gasteiger partial charge in [-0.2, -0.15) is 0 Å². The third-order valence-corrected chi connectivity index (χ3v) is 3.53. The molecule has 0 fully saturated rings. The van der Waals surface area contributed by atoms with E-state index in [1.54, 1.807) is 43.5 Å². The highest BCUT2D eigenvalue weighted by atomic mass is 35.5. The zero-order chi connectivity index (χ0) is 20.4. The first-order valence-corrected chi connectivity index (χ1v) is 8.64. The summed E-state index contributed by atoms with van der Waals surface area (Å²) in [6.45, 7) is 1.90. The summed E-state index contributed by atoms with van der Waals surface area (Å²) in [7, 11) is 1.24. The van der Waals surface area contributed by atoms with Gasteiger partial charge in [-0.15, -0.1) is 0 Å². The van der Waals surface area contributed by atoms with Crippen molar-refractivity contribution in [1.29, 1.82) is 0 Å². The third-order valence-electron chi connectivity index (χ3n) is 3.31. The lowest BCUT2D eigenvalue weighted by atomic mass is 10.2. The van der Waals surface area contributed by atoms with E-state index in [1.807, 2.05) is 0 Å². The van der Waals surface area contributed by atoms with Crippen molar-refractivity contribution in [2.75, 3.05) is 19.0 Å². The quantitative estimate of drug-likeness (QED) is 0.513. The van der Waals surface area contributed by atoms with Gasteiger partial charge in [-0.25, -0.2) is 14.6 Å². The number of carbonyl (C=O) groups excluding carboxylic acids is 2. The molecule has 0 bridgehead atoms. The van der Waals surface area contributed by atoms with Crippen LogP contribution in [-0.4, -0.2) is 35.6 Å². The molecule has 0 atom stereocenters. The Morgan fingerprint density at radius 1 is 1.14 bits per heavy atom. The SMILES string of the molecule is CCOC(=O)/C(=C\N/C(=C/Nc1ccc(Cl)cn1)C(=O)OC)c1ccccn1.